The number of aliphatic hydroxyl groups is 1. The van der Waals surface area contributed by atoms with Crippen molar-refractivity contribution in [3.05, 3.63) is 54.2 Å². The third-order valence-electron chi connectivity index (χ3n) is 7.29. The first-order valence-corrected chi connectivity index (χ1v) is 12.2. The molecular formula is C27H32N4O3. The number of aliphatic hydroxyl groups excluding tert-OH is 1. The Morgan fingerprint density at radius 3 is 2.65 bits per heavy atom. The third-order valence-corrected chi connectivity index (χ3v) is 7.29. The number of ether oxygens (including phenoxy) is 1. The molecule has 7 heteroatoms. The lowest BCUT2D eigenvalue weighted by Crippen LogP contribution is -2.37. The Kier molecular flexibility index (Phi) is 6.48. The second kappa shape index (κ2) is 9.68. The molecule has 1 saturated heterocycles. The van der Waals surface area contributed by atoms with Crippen molar-refractivity contribution in [2.75, 3.05) is 26.3 Å². The van der Waals surface area contributed by atoms with Crippen LogP contribution in [0.15, 0.2) is 48.7 Å². The molecule has 0 radical (unpaired) electrons. The van der Waals surface area contributed by atoms with Gasteiger partial charge in [0.15, 0.2) is 0 Å². The van der Waals surface area contributed by atoms with E-state index in [1.54, 1.807) is 6.20 Å². The first-order valence-electron chi connectivity index (χ1n) is 12.2. The fourth-order valence-electron chi connectivity index (χ4n) is 5.47. The minimum absolute atomic E-state index is 0.0516. The molecule has 1 aromatic carbocycles. The van der Waals surface area contributed by atoms with Crippen LogP contribution >= 0.6 is 0 Å². The van der Waals surface area contributed by atoms with Crippen molar-refractivity contribution in [2.24, 2.45) is 11.8 Å². The van der Waals surface area contributed by atoms with E-state index in [9.17, 15) is 9.90 Å². The fourth-order valence-corrected chi connectivity index (χ4v) is 5.47. The second-order valence-corrected chi connectivity index (χ2v) is 9.54. The van der Waals surface area contributed by atoms with E-state index in [1.165, 1.54) is 0 Å². The standard InChI is InChI=1S/C27H32N4O3/c1-3-34-26-9-8-18(13-28-26)25-12-23(22-6-4-5-7-24(22)30-25)27(33)29-21-10-19-14-31(17(2)16-32)15-20(19)11-21/h4-9,12-13,17,19-21,32H,3,10-11,14-16H2,1-2H3,(H,29,33)/t17-,19-,20+,21?/m1/s1. The van der Waals surface area contributed by atoms with Crippen molar-refractivity contribution < 1.29 is 14.6 Å². The number of hydrogen-bond acceptors (Lipinski definition) is 6. The van der Waals surface area contributed by atoms with E-state index in [0.29, 0.717) is 29.9 Å². The molecule has 1 unspecified atom stereocenters. The zero-order valence-electron chi connectivity index (χ0n) is 19.8. The summed E-state index contributed by atoms with van der Waals surface area (Å²) in [6.07, 6.45) is 3.72. The first kappa shape index (κ1) is 22.7. The van der Waals surface area contributed by atoms with Crippen LogP contribution in [0, 0.1) is 11.8 Å². The number of pyridine rings is 2. The number of hydrogen-bond donors (Lipinski definition) is 2. The summed E-state index contributed by atoms with van der Waals surface area (Å²) in [6.45, 7) is 6.77. The van der Waals surface area contributed by atoms with Gasteiger partial charge in [-0.1, -0.05) is 18.2 Å². The number of para-hydroxylation sites is 1. The topological polar surface area (TPSA) is 87.6 Å². The third kappa shape index (κ3) is 4.50. The Labute approximate surface area is 200 Å². The molecule has 2 fully saturated rings. The van der Waals surface area contributed by atoms with Gasteiger partial charge in [-0.2, -0.15) is 0 Å². The van der Waals surface area contributed by atoms with Crippen LogP contribution in [0.25, 0.3) is 22.2 Å². The van der Waals surface area contributed by atoms with E-state index in [-0.39, 0.29) is 24.6 Å². The molecule has 2 aromatic heterocycles. The smallest absolute Gasteiger partial charge is 0.252 e. The SMILES string of the molecule is CCOc1ccc(-c2cc(C(=O)NC3C[C@@H]4CN([C@H](C)CO)C[C@@H]4C3)c3ccccc3n2)cn1. The average Bonchev–Trinajstić information content (AvgIpc) is 3.42. The molecule has 1 amide bonds. The Morgan fingerprint density at radius 1 is 1.21 bits per heavy atom. The summed E-state index contributed by atoms with van der Waals surface area (Å²) in [7, 11) is 0. The molecule has 2 aliphatic rings. The number of rotatable bonds is 7. The maximum Gasteiger partial charge on any atom is 0.252 e. The number of fused-ring (bicyclic) bond motifs is 2. The number of carbonyl (C=O) groups is 1. The van der Waals surface area contributed by atoms with Gasteiger partial charge >= 0.3 is 0 Å². The molecular weight excluding hydrogens is 428 g/mol. The molecule has 0 spiro atoms. The molecule has 1 aliphatic heterocycles. The minimum atomic E-state index is -0.0516. The largest absolute Gasteiger partial charge is 0.478 e. The predicted molar refractivity (Wildman–Crippen MR) is 132 cm³/mol. The lowest BCUT2D eigenvalue weighted by Gasteiger charge is -2.24. The predicted octanol–water partition coefficient (Wildman–Crippen LogP) is 3.52. The highest BCUT2D eigenvalue weighted by atomic mass is 16.5. The van der Waals surface area contributed by atoms with E-state index >= 15 is 0 Å². The van der Waals surface area contributed by atoms with Crippen LogP contribution in [-0.4, -0.2) is 64.3 Å². The summed E-state index contributed by atoms with van der Waals surface area (Å²) >= 11 is 0. The van der Waals surface area contributed by atoms with Crippen LogP contribution in [0.1, 0.15) is 37.0 Å². The number of nitrogens with zero attached hydrogens (tertiary/aromatic N) is 3. The highest BCUT2D eigenvalue weighted by molar-refractivity contribution is 6.07. The molecule has 34 heavy (non-hydrogen) atoms. The summed E-state index contributed by atoms with van der Waals surface area (Å²) in [5, 5.41) is 13.6. The summed E-state index contributed by atoms with van der Waals surface area (Å²) < 4.78 is 5.45. The Morgan fingerprint density at radius 2 is 1.97 bits per heavy atom. The van der Waals surface area contributed by atoms with Crippen molar-refractivity contribution >= 4 is 16.8 Å². The van der Waals surface area contributed by atoms with Crippen molar-refractivity contribution in [3.8, 4) is 17.1 Å². The van der Waals surface area contributed by atoms with Gasteiger partial charge in [-0.25, -0.2) is 9.97 Å². The summed E-state index contributed by atoms with van der Waals surface area (Å²) in [5.74, 6) is 1.69. The number of aromatic nitrogens is 2. The molecule has 5 rings (SSSR count). The number of benzene rings is 1. The van der Waals surface area contributed by atoms with E-state index < -0.39 is 0 Å². The lowest BCUT2D eigenvalue weighted by molar-refractivity contribution is 0.0935. The molecule has 3 heterocycles. The number of amides is 1. The average molecular weight is 461 g/mol. The van der Waals surface area contributed by atoms with Crippen molar-refractivity contribution in [2.45, 2.75) is 38.8 Å². The van der Waals surface area contributed by atoms with Gasteiger partial charge in [0.2, 0.25) is 5.88 Å². The highest BCUT2D eigenvalue weighted by Gasteiger charge is 2.42. The maximum absolute atomic E-state index is 13.5. The van der Waals surface area contributed by atoms with Gasteiger partial charge in [-0.05, 0) is 56.7 Å². The van der Waals surface area contributed by atoms with Crippen LogP contribution in [0.2, 0.25) is 0 Å². The van der Waals surface area contributed by atoms with Gasteiger partial charge in [0.25, 0.3) is 5.91 Å². The van der Waals surface area contributed by atoms with Gasteiger partial charge in [0, 0.05) is 48.4 Å². The Bertz CT molecular complexity index is 1150. The van der Waals surface area contributed by atoms with E-state index in [2.05, 4.69) is 22.1 Å². The molecule has 2 N–H and O–H groups in total. The van der Waals surface area contributed by atoms with Gasteiger partial charge in [-0.3, -0.25) is 9.69 Å². The lowest BCUT2D eigenvalue weighted by atomic mass is 10.0. The van der Waals surface area contributed by atoms with Crippen molar-refractivity contribution in [1.82, 2.24) is 20.2 Å². The van der Waals surface area contributed by atoms with Gasteiger partial charge in [-0.15, -0.1) is 0 Å². The summed E-state index contributed by atoms with van der Waals surface area (Å²) in [6, 6.07) is 13.8. The first-order chi connectivity index (χ1) is 16.6. The van der Waals surface area contributed by atoms with Crippen molar-refractivity contribution in [3.63, 3.8) is 0 Å². The zero-order valence-corrected chi connectivity index (χ0v) is 19.8. The maximum atomic E-state index is 13.5. The van der Waals surface area contributed by atoms with Gasteiger partial charge < -0.3 is 15.2 Å². The molecule has 178 valence electrons. The molecule has 4 atom stereocenters. The molecule has 1 saturated carbocycles. The van der Waals surface area contributed by atoms with Crippen LogP contribution in [0.4, 0.5) is 0 Å². The molecule has 3 aromatic rings. The molecule has 1 aliphatic carbocycles. The van der Waals surface area contributed by atoms with Crippen LogP contribution in [0.3, 0.4) is 0 Å². The molecule has 7 nitrogen and oxygen atoms in total. The monoisotopic (exact) mass is 460 g/mol. The Hall–Kier alpha value is -3.03. The Balaban J connectivity index is 1.35. The molecule has 0 bridgehead atoms. The minimum Gasteiger partial charge on any atom is -0.478 e. The number of likely N-dealkylation sites (tertiary alicyclic amines) is 1. The van der Waals surface area contributed by atoms with Crippen LogP contribution < -0.4 is 10.1 Å². The van der Waals surface area contributed by atoms with Gasteiger partial charge in [0.1, 0.15) is 0 Å². The van der Waals surface area contributed by atoms with Crippen LogP contribution in [-0.2, 0) is 0 Å². The quantitative estimate of drug-likeness (QED) is 0.561. The fraction of sp³-hybridized carbons (Fsp3) is 0.444. The normalized spacial score (nSPS) is 23.1. The van der Waals surface area contributed by atoms with E-state index in [4.69, 9.17) is 9.72 Å². The van der Waals surface area contributed by atoms with E-state index in [1.807, 2.05) is 49.4 Å². The van der Waals surface area contributed by atoms with E-state index in [0.717, 1.165) is 48.1 Å². The van der Waals surface area contributed by atoms with Gasteiger partial charge in [0.05, 0.1) is 30.0 Å². The highest BCUT2D eigenvalue weighted by Crippen LogP contribution is 2.39. The number of nitrogens with one attached hydrogen (secondary N) is 1. The van der Waals surface area contributed by atoms with Crippen LogP contribution in [0.5, 0.6) is 5.88 Å². The zero-order chi connectivity index (χ0) is 23.7. The second-order valence-electron chi connectivity index (χ2n) is 9.54. The number of carbonyl (C=O) groups excluding carboxylic acids is 1. The van der Waals surface area contributed by atoms with Crippen molar-refractivity contribution in [1.29, 1.82) is 0 Å². The summed E-state index contributed by atoms with van der Waals surface area (Å²) in [4.78, 5) is 25.0. The summed E-state index contributed by atoms with van der Waals surface area (Å²) in [5.41, 5.74) is 2.99.